The Morgan fingerprint density at radius 1 is 1.27 bits per heavy atom. The van der Waals surface area contributed by atoms with Crippen molar-refractivity contribution in [3.05, 3.63) is 41.6 Å². The Balaban J connectivity index is 1.91. The van der Waals surface area contributed by atoms with Crippen molar-refractivity contribution in [2.45, 2.75) is 24.0 Å². The molecule has 1 aromatic carbocycles. The summed E-state index contributed by atoms with van der Waals surface area (Å²) in [5.41, 5.74) is 0.0104. The zero-order valence-corrected chi connectivity index (χ0v) is 14.6. The highest BCUT2D eigenvalue weighted by molar-refractivity contribution is 7.90. The van der Waals surface area contributed by atoms with Gasteiger partial charge < -0.3 is 19.3 Å². The summed E-state index contributed by atoms with van der Waals surface area (Å²) in [6.07, 6.45) is -2.49. The van der Waals surface area contributed by atoms with Crippen molar-refractivity contribution < 1.29 is 27.2 Å². The van der Waals surface area contributed by atoms with Gasteiger partial charge in [-0.05, 0) is 18.6 Å². The van der Waals surface area contributed by atoms with E-state index in [0.717, 1.165) is 6.42 Å². The lowest BCUT2D eigenvalue weighted by Gasteiger charge is -2.24. The zero-order valence-electron chi connectivity index (χ0n) is 13.7. The van der Waals surface area contributed by atoms with Gasteiger partial charge in [-0.1, -0.05) is 12.1 Å². The Kier molecular flexibility index (Phi) is 5.66. The molecule has 10 heteroatoms. The van der Waals surface area contributed by atoms with Gasteiger partial charge in [0.15, 0.2) is 12.1 Å². The van der Waals surface area contributed by atoms with Crippen LogP contribution in [0.1, 0.15) is 23.8 Å². The largest absolute Gasteiger partial charge is 0.609 e. The minimum absolute atomic E-state index is 0.185. The SMILES string of the molecule is C[S+]([O-])c1ncc(C(F)(F)F)c(Nc2cccc(C3OCCCO3)c2)n1. The van der Waals surface area contributed by atoms with Crippen molar-refractivity contribution in [3.8, 4) is 0 Å². The quantitative estimate of drug-likeness (QED) is 0.640. The lowest BCUT2D eigenvalue weighted by atomic mass is 10.1. The van der Waals surface area contributed by atoms with Crippen LogP contribution in [0.2, 0.25) is 0 Å². The Morgan fingerprint density at radius 2 is 2.00 bits per heavy atom. The van der Waals surface area contributed by atoms with Gasteiger partial charge in [0.1, 0.15) is 11.8 Å². The molecule has 140 valence electrons. The number of anilines is 2. The van der Waals surface area contributed by atoms with Gasteiger partial charge in [0.05, 0.1) is 13.2 Å². The second kappa shape index (κ2) is 7.78. The number of hydrogen-bond acceptors (Lipinski definition) is 6. The molecule has 26 heavy (non-hydrogen) atoms. The van der Waals surface area contributed by atoms with Crippen LogP contribution in [-0.4, -0.2) is 34.0 Å². The molecule has 1 unspecified atom stereocenters. The molecule has 1 aromatic heterocycles. The fourth-order valence-electron chi connectivity index (χ4n) is 2.39. The van der Waals surface area contributed by atoms with Gasteiger partial charge >= 0.3 is 11.3 Å². The first-order valence-corrected chi connectivity index (χ1v) is 9.28. The molecule has 1 aliphatic heterocycles. The van der Waals surface area contributed by atoms with Crippen LogP contribution < -0.4 is 5.32 Å². The van der Waals surface area contributed by atoms with Crippen LogP contribution in [0.15, 0.2) is 35.6 Å². The Bertz CT molecular complexity index is 768. The van der Waals surface area contributed by atoms with Crippen molar-refractivity contribution in [1.29, 1.82) is 0 Å². The number of ether oxygens (including phenoxy) is 2. The molecule has 3 rings (SSSR count). The van der Waals surface area contributed by atoms with E-state index in [9.17, 15) is 17.7 Å². The minimum atomic E-state index is -4.65. The number of nitrogens with one attached hydrogen (secondary N) is 1. The Hall–Kier alpha value is -1.88. The van der Waals surface area contributed by atoms with Crippen molar-refractivity contribution in [2.75, 3.05) is 24.8 Å². The predicted molar refractivity (Wildman–Crippen MR) is 88.4 cm³/mol. The van der Waals surface area contributed by atoms with E-state index in [-0.39, 0.29) is 5.16 Å². The lowest BCUT2D eigenvalue weighted by Crippen LogP contribution is -2.18. The standard InChI is InChI=1S/C16H16F3N3O3S/c1-26(23)15-20-9-12(16(17,18)19)13(22-15)21-11-5-2-4-10(8-11)14-24-6-3-7-25-14/h2,4-5,8-9,14H,3,6-7H2,1H3,(H,20,21,22). The highest BCUT2D eigenvalue weighted by Crippen LogP contribution is 2.35. The van der Waals surface area contributed by atoms with E-state index in [1.54, 1.807) is 24.3 Å². The number of alkyl halides is 3. The summed E-state index contributed by atoms with van der Waals surface area (Å²) in [5, 5.41) is 2.45. The molecule has 0 spiro atoms. The molecular formula is C16H16F3N3O3S. The van der Waals surface area contributed by atoms with Crippen LogP contribution in [0, 0.1) is 0 Å². The summed E-state index contributed by atoms with van der Waals surface area (Å²) in [6, 6.07) is 6.66. The average Bonchev–Trinajstić information content (AvgIpc) is 2.61. The van der Waals surface area contributed by atoms with E-state index in [0.29, 0.717) is 30.7 Å². The second-order valence-corrected chi connectivity index (χ2v) is 6.82. The van der Waals surface area contributed by atoms with Crippen LogP contribution >= 0.6 is 0 Å². The van der Waals surface area contributed by atoms with E-state index >= 15 is 0 Å². The number of rotatable bonds is 4. The lowest BCUT2D eigenvalue weighted by molar-refractivity contribution is -0.183. The number of halogens is 3. The number of hydrogen-bond donors (Lipinski definition) is 1. The van der Waals surface area contributed by atoms with Gasteiger partial charge in [-0.15, -0.1) is 0 Å². The molecule has 0 amide bonds. The van der Waals surface area contributed by atoms with Crippen molar-refractivity contribution in [3.63, 3.8) is 0 Å². The van der Waals surface area contributed by atoms with Gasteiger partial charge in [-0.25, -0.2) is 0 Å². The zero-order chi connectivity index (χ0) is 18.7. The summed E-state index contributed by atoms with van der Waals surface area (Å²) in [4.78, 5) is 7.30. The van der Waals surface area contributed by atoms with E-state index in [1.165, 1.54) is 6.26 Å². The van der Waals surface area contributed by atoms with E-state index in [4.69, 9.17) is 9.47 Å². The third-order valence-electron chi connectivity index (χ3n) is 3.58. The van der Waals surface area contributed by atoms with Crippen molar-refractivity contribution in [1.82, 2.24) is 9.97 Å². The molecule has 6 nitrogen and oxygen atoms in total. The maximum Gasteiger partial charge on any atom is 0.421 e. The van der Waals surface area contributed by atoms with Crippen LogP contribution in [0.4, 0.5) is 24.7 Å². The summed E-state index contributed by atoms with van der Waals surface area (Å²) in [7, 11) is 0. The van der Waals surface area contributed by atoms with Crippen LogP contribution in [0.5, 0.6) is 0 Å². The first kappa shape index (κ1) is 18.9. The molecule has 0 radical (unpaired) electrons. The molecule has 1 fully saturated rings. The number of aromatic nitrogens is 2. The Morgan fingerprint density at radius 3 is 2.65 bits per heavy atom. The van der Waals surface area contributed by atoms with E-state index in [1.807, 2.05) is 0 Å². The normalized spacial score (nSPS) is 17.1. The smallest absolute Gasteiger partial charge is 0.421 e. The third-order valence-corrected chi connectivity index (χ3v) is 4.29. The molecule has 1 N–H and O–H groups in total. The highest BCUT2D eigenvalue weighted by atomic mass is 32.2. The van der Waals surface area contributed by atoms with Crippen LogP contribution in [0.3, 0.4) is 0 Å². The van der Waals surface area contributed by atoms with E-state index in [2.05, 4.69) is 15.3 Å². The monoisotopic (exact) mass is 387 g/mol. The highest BCUT2D eigenvalue weighted by Gasteiger charge is 2.36. The molecule has 2 heterocycles. The topological polar surface area (TPSA) is 79.3 Å². The summed E-state index contributed by atoms with van der Waals surface area (Å²) >= 11 is -1.61. The fourth-order valence-corrected chi connectivity index (χ4v) is 2.81. The molecule has 0 aliphatic carbocycles. The summed E-state index contributed by atoms with van der Waals surface area (Å²) in [6.45, 7) is 1.11. The molecule has 0 bridgehead atoms. The molecular weight excluding hydrogens is 371 g/mol. The average molecular weight is 387 g/mol. The molecule has 1 atom stereocenters. The molecule has 2 aromatic rings. The molecule has 1 aliphatic rings. The first-order chi connectivity index (χ1) is 12.3. The minimum Gasteiger partial charge on any atom is -0.609 e. The maximum atomic E-state index is 13.2. The summed E-state index contributed by atoms with van der Waals surface area (Å²) < 4.78 is 62.2. The number of benzene rings is 1. The number of nitrogens with zero attached hydrogens (tertiary/aromatic N) is 2. The van der Waals surface area contributed by atoms with E-state index < -0.39 is 35.0 Å². The summed E-state index contributed by atoms with van der Waals surface area (Å²) in [5.74, 6) is -0.458. The third kappa shape index (κ3) is 4.44. The van der Waals surface area contributed by atoms with Crippen molar-refractivity contribution in [2.24, 2.45) is 0 Å². The Labute approximate surface area is 150 Å². The van der Waals surface area contributed by atoms with Gasteiger partial charge in [-0.3, -0.25) is 0 Å². The predicted octanol–water partition coefficient (Wildman–Crippen LogP) is 3.41. The molecule has 1 saturated heterocycles. The van der Waals surface area contributed by atoms with Crippen LogP contribution in [0.25, 0.3) is 0 Å². The first-order valence-electron chi connectivity index (χ1n) is 7.72. The van der Waals surface area contributed by atoms with Crippen molar-refractivity contribution >= 4 is 22.7 Å². The van der Waals surface area contributed by atoms with Crippen LogP contribution in [-0.2, 0) is 26.8 Å². The van der Waals surface area contributed by atoms with Gasteiger partial charge in [0, 0.05) is 28.6 Å². The fraction of sp³-hybridized carbons (Fsp3) is 0.375. The van der Waals surface area contributed by atoms with Gasteiger partial charge in [-0.2, -0.15) is 23.1 Å². The molecule has 0 saturated carbocycles. The van der Waals surface area contributed by atoms with Gasteiger partial charge in [0.2, 0.25) is 0 Å². The van der Waals surface area contributed by atoms with Gasteiger partial charge in [0.25, 0.3) is 0 Å². The second-order valence-electron chi connectivity index (χ2n) is 5.54. The maximum absolute atomic E-state index is 13.2.